The summed E-state index contributed by atoms with van der Waals surface area (Å²) in [6.45, 7) is -0.201. The van der Waals surface area contributed by atoms with Gasteiger partial charge in [-0.15, -0.1) is 11.3 Å². The molecular weight excluding hydrogens is 464 g/mol. The predicted molar refractivity (Wildman–Crippen MR) is 124 cm³/mol. The Labute approximate surface area is 195 Å². The molecule has 1 unspecified atom stereocenters. The van der Waals surface area contributed by atoms with Crippen molar-refractivity contribution in [3.8, 4) is 0 Å². The molecule has 0 radical (unpaired) electrons. The van der Waals surface area contributed by atoms with Gasteiger partial charge in [-0.2, -0.15) is 8.42 Å². The van der Waals surface area contributed by atoms with Crippen LogP contribution in [0.25, 0.3) is 0 Å². The van der Waals surface area contributed by atoms with E-state index in [1.807, 2.05) is 41.8 Å². The molecule has 0 saturated heterocycles. The van der Waals surface area contributed by atoms with Gasteiger partial charge >= 0.3 is 10.3 Å². The van der Waals surface area contributed by atoms with E-state index in [2.05, 4.69) is 19.5 Å². The molecule has 1 aromatic carbocycles. The molecule has 1 fully saturated rings. The van der Waals surface area contributed by atoms with Crippen molar-refractivity contribution in [2.24, 2.45) is 11.1 Å². The third kappa shape index (κ3) is 6.21. The Kier molecular flexibility index (Phi) is 7.15. The number of nitrogens with one attached hydrogen (secondary N) is 1. The van der Waals surface area contributed by atoms with E-state index in [9.17, 15) is 18.3 Å². The summed E-state index contributed by atoms with van der Waals surface area (Å²) < 4.78 is 26.7. The Morgan fingerprint density at radius 2 is 2.03 bits per heavy atom. The Hall–Kier alpha value is -2.70. The smallest absolute Gasteiger partial charge is 0.333 e. The zero-order chi connectivity index (χ0) is 23.4. The minimum atomic E-state index is -4.07. The number of aliphatic hydroxyl groups excluding tert-OH is 1. The van der Waals surface area contributed by atoms with Crippen molar-refractivity contribution in [3.63, 3.8) is 0 Å². The number of aromatic nitrogens is 2. The van der Waals surface area contributed by atoms with Gasteiger partial charge in [0.1, 0.15) is 12.1 Å². The van der Waals surface area contributed by atoms with Crippen LogP contribution in [-0.4, -0.2) is 48.0 Å². The maximum atomic E-state index is 13.2. The third-order valence-electron chi connectivity index (χ3n) is 5.53. The third-order valence-corrected chi connectivity index (χ3v) is 6.97. The lowest BCUT2D eigenvalue weighted by atomic mass is 10.1. The average molecular weight is 489 g/mol. The number of nitrogens with two attached hydrogens (primary N) is 1. The highest BCUT2D eigenvalue weighted by Gasteiger charge is 2.34. The fourth-order valence-corrected chi connectivity index (χ4v) is 5.17. The SMILES string of the molecule is NS(=O)(=O)OCC1C[C@@H](Nc2ncncc2C(=O)c2cc(Cc3ccccc3)cs2)C[C@@H]1O. The number of rotatable bonds is 9. The summed E-state index contributed by atoms with van der Waals surface area (Å²) in [6, 6.07) is 11.7. The monoisotopic (exact) mass is 488 g/mol. The highest BCUT2D eigenvalue weighted by Crippen LogP contribution is 2.30. The van der Waals surface area contributed by atoms with Crippen molar-refractivity contribution in [2.45, 2.75) is 31.4 Å². The number of ketones is 1. The summed E-state index contributed by atoms with van der Waals surface area (Å²) in [5, 5.41) is 20.3. The van der Waals surface area contributed by atoms with Gasteiger partial charge in [0.05, 0.1) is 23.2 Å². The first-order valence-corrected chi connectivity index (χ1v) is 12.7. The largest absolute Gasteiger partial charge is 0.393 e. The summed E-state index contributed by atoms with van der Waals surface area (Å²) in [4.78, 5) is 22.0. The summed E-state index contributed by atoms with van der Waals surface area (Å²) >= 11 is 1.37. The summed E-state index contributed by atoms with van der Waals surface area (Å²) in [7, 11) is -4.07. The van der Waals surface area contributed by atoms with Crippen LogP contribution >= 0.6 is 11.3 Å². The molecule has 0 bridgehead atoms. The topological polar surface area (TPSA) is 144 Å². The molecule has 174 valence electrons. The van der Waals surface area contributed by atoms with Gasteiger partial charge < -0.3 is 10.4 Å². The van der Waals surface area contributed by atoms with Crippen LogP contribution in [0, 0.1) is 5.92 Å². The van der Waals surface area contributed by atoms with E-state index in [4.69, 9.17) is 5.14 Å². The zero-order valence-electron chi connectivity index (χ0n) is 17.6. The molecular formula is C22H24N4O5S2. The molecule has 1 aliphatic rings. The molecule has 2 aromatic heterocycles. The predicted octanol–water partition coefficient (Wildman–Crippen LogP) is 2.13. The van der Waals surface area contributed by atoms with Crippen molar-refractivity contribution in [1.82, 2.24) is 9.97 Å². The first kappa shape index (κ1) is 23.5. The van der Waals surface area contributed by atoms with E-state index in [1.54, 1.807) is 0 Å². The first-order valence-electron chi connectivity index (χ1n) is 10.4. The normalized spacial score (nSPS) is 20.6. The van der Waals surface area contributed by atoms with Crippen molar-refractivity contribution in [2.75, 3.05) is 11.9 Å². The molecule has 33 heavy (non-hydrogen) atoms. The minimum absolute atomic E-state index is 0.185. The lowest BCUT2D eigenvalue weighted by molar-refractivity contribution is 0.101. The first-order chi connectivity index (χ1) is 15.8. The molecule has 4 N–H and O–H groups in total. The second-order valence-electron chi connectivity index (χ2n) is 8.01. The Morgan fingerprint density at radius 3 is 2.79 bits per heavy atom. The van der Waals surface area contributed by atoms with Gasteiger partial charge in [0.15, 0.2) is 0 Å². The van der Waals surface area contributed by atoms with E-state index >= 15 is 0 Å². The van der Waals surface area contributed by atoms with Crippen molar-refractivity contribution in [3.05, 3.63) is 75.9 Å². The van der Waals surface area contributed by atoms with E-state index in [0.717, 1.165) is 12.0 Å². The average Bonchev–Trinajstić information content (AvgIpc) is 3.38. The molecule has 4 rings (SSSR count). The van der Waals surface area contributed by atoms with E-state index in [1.165, 1.54) is 29.4 Å². The second-order valence-corrected chi connectivity index (χ2v) is 10.1. The molecule has 0 spiro atoms. The van der Waals surface area contributed by atoms with E-state index in [-0.39, 0.29) is 18.4 Å². The molecule has 11 heteroatoms. The quantitative estimate of drug-likeness (QED) is 0.389. The van der Waals surface area contributed by atoms with Gasteiger partial charge in [-0.1, -0.05) is 30.3 Å². The van der Waals surface area contributed by atoms with Crippen LogP contribution in [0.2, 0.25) is 0 Å². The highest BCUT2D eigenvalue weighted by molar-refractivity contribution is 7.84. The zero-order valence-corrected chi connectivity index (χ0v) is 19.3. The van der Waals surface area contributed by atoms with Gasteiger partial charge in [-0.25, -0.2) is 15.1 Å². The van der Waals surface area contributed by atoms with Gasteiger partial charge in [0.25, 0.3) is 0 Å². The van der Waals surface area contributed by atoms with Crippen LogP contribution in [0.5, 0.6) is 0 Å². The number of aliphatic hydroxyl groups is 1. The van der Waals surface area contributed by atoms with Crippen molar-refractivity contribution in [1.29, 1.82) is 0 Å². The molecule has 0 amide bonds. The molecule has 2 heterocycles. The van der Waals surface area contributed by atoms with Gasteiger partial charge in [0, 0.05) is 18.2 Å². The number of thiophene rings is 1. The van der Waals surface area contributed by atoms with Crippen LogP contribution in [0.15, 0.2) is 54.3 Å². The molecule has 1 aliphatic carbocycles. The van der Waals surface area contributed by atoms with Crippen LogP contribution in [-0.2, 0) is 20.9 Å². The van der Waals surface area contributed by atoms with Gasteiger partial charge in [0.2, 0.25) is 5.78 Å². The minimum Gasteiger partial charge on any atom is -0.393 e. The van der Waals surface area contributed by atoms with Crippen LogP contribution in [0.3, 0.4) is 0 Å². The highest BCUT2D eigenvalue weighted by atomic mass is 32.2. The van der Waals surface area contributed by atoms with Crippen LogP contribution < -0.4 is 10.5 Å². The Bertz CT molecular complexity index is 1220. The van der Waals surface area contributed by atoms with Crippen LogP contribution in [0.1, 0.15) is 39.2 Å². The number of carbonyl (C=O) groups is 1. The lowest BCUT2D eigenvalue weighted by Crippen LogP contribution is -2.24. The number of nitrogens with zero attached hydrogens (tertiary/aromatic N) is 2. The Morgan fingerprint density at radius 1 is 1.24 bits per heavy atom. The van der Waals surface area contributed by atoms with Crippen LogP contribution in [0.4, 0.5) is 5.82 Å². The second kappa shape index (κ2) is 10.1. The molecule has 3 aromatic rings. The van der Waals surface area contributed by atoms with E-state index in [0.29, 0.717) is 29.1 Å². The maximum absolute atomic E-state index is 13.2. The fraction of sp³-hybridized carbons (Fsp3) is 0.318. The standard InChI is InChI=1S/C22H24N4O5S2/c23-33(29,30)31-11-16-8-17(9-19(16)27)26-22-18(10-24-13-25-22)21(28)20-7-15(12-32-20)6-14-4-2-1-3-5-14/h1-5,7,10,12-13,16-17,19,27H,6,8-9,11H2,(H2,23,29,30)(H,24,25,26)/t16?,17-,19+/m1/s1. The van der Waals surface area contributed by atoms with Crippen molar-refractivity contribution < 1.29 is 22.5 Å². The molecule has 9 nitrogen and oxygen atoms in total. The number of anilines is 1. The number of benzene rings is 1. The Balaban J connectivity index is 1.44. The molecule has 1 saturated carbocycles. The summed E-state index contributed by atoms with van der Waals surface area (Å²) in [6.07, 6.45) is 3.60. The van der Waals surface area contributed by atoms with Gasteiger partial charge in [-0.05, 0) is 41.8 Å². The number of hydrogen-bond acceptors (Lipinski definition) is 9. The summed E-state index contributed by atoms with van der Waals surface area (Å²) in [5.74, 6) is -0.215. The lowest BCUT2D eigenvalue weighted by Gasteiger charge is -2.15. The fourth-order valence-electron chi connectivity index (χ4n) is 3.94. The van der Waals surface area contributed by atoms with Gasteiger partial charge in [-0.3, -0.25) is 8.98 Å². The van der Waals surface area contributed by atoms with Crippen molar-refractivity contribution >= 4 is 33.2 Å². The number of hydrogen-bond donors (Lipinski definition) is 3. The summed E-state index contributed by atoms with van der Waals surface area (Å²) in [5.41, 5.74) is 2.56. The molecule has 3 atom stereocenters. The van der Waals surface area contributed by atoms with E-state index < -0.39 is 22.3 Å². The maximum Gasteiger partial charge on any atom is 0.333 e. The molecule has 0 aliphatic heterocycles. The number of carbonyl (C=O) groups excluding carboxylic acids is 1.